The van der Waals surface area contributed by atoms with Gasteiger partial charge in [0.15, 0.2) is 5.82 Å². The zero-order chi connectivity index (χ0) is 13.0. The van der Waals surface area contributed by atoms with Crippen LogP contribution in [0.15, 0.2) is 30.3 Å². The average Bonchev–Trinajstić information content (AvgIpc) is 2.36. The molecule has 2 aromatic rings. The minimum atomic E-state index is 0.214. The van der Waals surface area contributed by atoms with Gasteiger partial charge in [-0.25, -0.2) is 4.98 Å². The number of aryl methyl sites for hydroxylation is 1. The summed E-state index contributed by atoms with van der Waals surface area (Å²) in [6, 6.07) is 8.48. The van der Waals surface area contributed by atoms with E-state index in [1.807, 2.05) is 6.92 Å². The van der Waals surface area contributed by atoms with Crippen molar-refractivity contribution in [2.75, 3.05) is 13.2 Å². The van der Waals surface area contributed by atoms with E-state index in [1.54, 1.807) is 30.3 Å². The number of nitrogens with zero attached hydrogens (tertiary/aromatic N) is 2. The number of benzene rings is 1. The SMILES string of the molecule is Cc1cc(OCCN)nc(-c2ccc(O)cc2)n1. The predicted octanol–water partition coefficient (Wildman–Crippen LogP) is 1.50. The summed E-state index contributed by atoms with van der Waals surface area (Å²) in [6.45, 7) is 2.74. The lowest BCUT2D eigenvalue weighted by Gasteiger charge is -2.07. The normalized spacial score (nSPS) is 10.3. The van der Waals surface area contributed by atoms with Crippen molar-refractivity contribution in [1.82, 2.24) is 9.97 Å². The number of rotatable bonds is 4. The smallest absolute Gasteiger partial charge is 0.217 e. The Labute approximate surface area is 105 Å². The highest BCUT2D eigenvalue weighted by molar-refractivity contribution is 5.56. The van der Waals surface area contributed by atoms with E-state index in [1.165, 1.54) is 0 Å². The average molecular weight is 245 g/mol. The zero-order valence-electron chi connectivity index (χ0n) is 10.1. The first kappa shape index (κ1) is 12.3. The molecule has 18 heavy (non-hydrogen) atoms. The third-order valence-corrected chi connectivity index (χ3v) is 2.32. The Morgan fingerprint density at radius 2 is 1.94 bits per heavy atom. The summed E-state index contributed by atoms with van der Waals surface area (Å²) in [5, 5.41) is 9.25. The summed E-state index contributed by atoms with van der Waals surface area (Å²) in [4.78, 5) is 8.64. The van der Waals surface area contributed by atoms with Gasteiger partial charge in [0.25, 0.3) is 0 Å². The van der Waals surface area contributed by atoms with Crippen LogP contribution in [0.4, 0.5) is 0 Å². The molecular formula is C13H15N3O2. The molecule has 0 saturated carbocycles. The van der Waals surface area contributed by atoms with Crippen LogP contribution in [0, 0.1) is 6.92 Å². The highest BCUT2D eigenvalue weighted by Gasteiger charge is 2.05. The molecule has 5 nitrogen and oxygen atoms in total. The van der Waals surface area contributed by atoms with E-state index >= 15 is 0 Å². The maximum Gasteiger partial charge on any atom is 0.217 e. The van der Waals surface area contributed by atoms with Crippen molar-refractivity contribution in [1.29, 1.82) is 0 Å². The van der Waals surface area contributed by atoms with Gasteiger partial charge >= 0.3 is 0 Å². The fraction of sp³-hybridized carbons (Fsp3) is 0.231. The molecule has 1 aromatic carbocycles. The van der Waals surface area contributed by atoms with Gasteiger partial charge in [-0.15, -0.1) is 0 Å². The number of hydrogen-bond acceptors (Lipinski definition) is 5. The molecule has 2 rings (SSSR count). The van der Waals surface area contributed by atoms with Gasteiger partial charge in [0, 0.05) is 23.9 Å². The molecule has 0 spiro atoms. The Hall–Kier alpha value is -2.14. The van der Waals surface area contributed by atoms with E-state index < -0.39 is 0 Å². The van der Waals surface area contributed by atoms with Crippen LogP contribution in [0.1, 0.15) is 5.69 Å². The van der Waals surface area contributed by atoms with Gasteiger partial charge in [0.05, 0.1) is 0 Å². The first-order chi connectivity index (χ1) is 8.69. The van der Waals surface area contributed by atoms with Crippen LogP contribution in [0.3, 0.4) is 0 Å². The third-order valence-electron chi connectivity index (χ3n) is 2.32. The summed E-state index contributed by atoms with van der Waals surface area (Å²) < 4.78 is 5.40. The summed E-state index contributed by atoms with van der Waals surface area (Å²) in [7, 11) is 0. The number of hydrogen-bond donors (Lipinski definition) is 2. The zero-order valence-corrected chi connectivity index (χ0v) is 10.1. The van der Waals surface area contributed by atoms with Crippen LogP contribution < -0.4 is 10.5 Å². The third kappa shape index (κ3) is 2.95. The van der Waals surface area contributed by atoms with Crippen molar-refractivity contribution < 1.29 is 9.84 Å². The molecular weight excluding hydrogens is 230 g/mol. The summed E-state index contributed by atoms with van der Waals surface area (Å²) in [5.41, 5.74) is 7.03. The van der Waals surface area contributed by atoms with Crippen LogP contribution in [-0.4, -0.2) is 28.2 Å². The molecule has 0 saturated heterocycles. The van der Waals surface area contributed by atoms with Crippen LogP contribution in [0.2, 0.25) is 0 Å². The van der Waals surface area contributed by atoms with E-state index in [9.17, 15) is 5.11 Å². The Morgan fingerprint density at radius 3 is 2.61 bits per heavy atom. The van der Waals surface area contributed by atoms with Crippen molar-refractivity contribution in [3.63, 3.8) is 0 Å². The Bertz CT molecular complexity index is 526. The number of aromatic nitrogens is 2. The number of phenols is 1. The first-order valence-corrected chi connectivity index (χ1v) is 5.67. The lowest BCUT2D eigenvalue weighted by Crippen LogP contribution is -2.11. The second kappa shape index (κ2) is 5.46. The van der Waals surface area contributed by atoms with Gasteiger partial charge in [0.1, 0.15) is 12.4 Å². The second-order valence-corrected chi connectivity index (χ2v) is 3.86. The number of ether oxygens (including phenoxy) is 1. The number of phenolic OH excluding ortho intramolecular Hbond substituents is 1. The van der Waals surface area contributed by atoms with Crippen LogP contribution in [0.25, 0.3) is 11.4 Å². The van der Waals surface area contributed by atoms with Crippen LogP contribution in [-0.2, 0) is 0 Å². The van der Waals surface area contributed by atoms with Crippen LogP contribution in [0.5, 0.6) is 11.6 Å². The number of aromatic hydroxyl groups is 1. The van der Waals surface area contributed by atoms with Gasteiger partial charge in [-0.1, -0.05) is 0 Å². The minimum absolute atomic E-state index is 0.214. The van der Waals surface area contributed by atoms with Gasteiger partial charge in [-0.3, -0.25) is 0 Å². The Balaban J connectivity index is 2.32. The molecule has 0 bridgehead atoms. The van der Waals surface area contributed by atoms with E-state index in [0.29, 0.717) is 24.9 Å². The molecule has 0 aliphatic heterocycles. The maximum atomic E-state index is 9.25. The molecule has 1 heterocycles. The lowest BCUT2D eigenvalue weighted by molar-refractivity contribution is 0.315. The van der Waals surface area contributed by atoms with Gasteiger partial charge in [-0.2, -0.15) is 4.98 Å². The Morgan fingerprint density at radius 1 is 1.22 bits per heavy atom. The minimum Gasteiger partial charge on any atom is -0.508 e. The monoisotopic (exact) mass is 245 g/mol. The molecule has 94 valence electrons. The summed E-state index contributed by atoms with van der Waals surface area (Å²) in [5.74, 6) is 1.30. The van der Waals surface area contributed by atoms with E-state index in [0.717, 1.165) is 11.3 Å². The number of nitrogens with two attached hydrogens (primary N) is 1. The largest absolute Gasteiger partial charge is 0.508 e. The molecule has 0 radical (unpaired) electrons. The molecule has 0 unspecified atom stereocenters. The summed E-state index contributed by atoms with van der Waals surface area (Å²) in [6.07, 6.45) is 0. The maximum absolute atomic E-state index is 9.25. The van der Waals surface area contributed by atoms with Crippen molar-refractivity contribution in [3.05, 3.63) is 36.0 Å². The van der Waals surface area contributed by atoms with Crippen molar-refractivity contribution in [2.45, 2.75) is 6.92 Å². The van der Waals surface area contributed by atoms with E-state index in [2.05, 4.69) is 9.97 Å². The highest BCUT2D eigenvalue weighted by Crippen LogP contribution is 2.21. The van der Waals surface area contributed by atoms with E-state index in [-0.39, 0.29) is 5.75 Å². The molecule has 0 atom stereocenters. The molecule has 1 aromatic heterocycles. The Kier molecular flexibility index (Phi) is 3.74. The standard InChI is InChI=1S/C13H15N3O2/c1-9-8-12(18-7-6-14)16-13(15-9)10-2-4-11(17)5-3-10/h2-5,8,17H,6-7,14H2,1H3. The highest BCUT2D eigenvalue weighted by atomic mass is 16.5. The van der Waals surface area contributed by atoms with Gasteiger partial charge in [0.2, 0.25) is 5.88 Å². The fourth-order valence-corrected chi connectivity index (χ4v) is 1.52. The predicted molar refractivity (Wildman–Crippen MR) is 68.4 cm³/mol. The summed E-state index contributed by atoms with van der Waals surface area (Å²) >= 11 is 0. The lowest BCUT2D eigenvalue weighted by atomic mass is 10.2. The van der Waals surface area contributed by atoms with E-state index in [4.69, 9.17) is 10.5 Å². The van der Waals surface area contributed by atoms with Crippen LogP contribution >= 0.6 is 0 Å². The van der Waals surface area contributed by atoms with Crippen molar-refractivity contribution in [2.24, 2.45) is 5.73 Å². The molecule has 0 aliphatic carbocycles. The second-order valence-electron chi connectivity index (χ2n) is 3.86. The molecule has 0 fully saturated rings. The first-order valence-electron chi connectivity index (χ1n) is 5.67. The van der Waals surface area contributed by atoms with Crippen molar-refractivity contribution >= 4 is 0 Å². The van der Waals surface area contributed by atoms with Crippen molar-refractivity contribution in [3.8, 4) is 23.0 Å². The molecule has 0 amide bonds. The van der Waals surface area contributed by atoms with Gasteiger partial charge in [-0.05, 0) is 31.2 Å². The topological polar surface area (TPSA) is 81.3 Å². The molecule has 5 heteroatoms. The quantitative estimate of drug-likeness (QED) is 0.853. The van der Waals surface area contributed by atoms with Gasteiger partial charge < -0.3 is 15.6 Å². The fourth-order valence-electron chi connectivity index (χ4n) is 1.52. The molecule has 3 N–H and O–H groups in total. The molecule has 0 aliphatic rings.